The molecule has 0 saturated heterocycles. The van der Waals surface area contributed by atoms with Crippen LogP contribution in [0.2, 0.25) is 0 Å². The lowest BCUT2D eigenvalue weighted by Gasteiger charge is -2.19. The van der Waals surface area contributed by atoms with Gasteiger partial charge in [0, 0.05) is 22.3 Å². The van der Waals surface area contributed by atoms with E-state index in [9.17, 15) is 0 Å². The molecule has 1 nitrogen and oxygen atoms in total. The number of thioether (sulfide) groups is 1. The largest absolute Gasteiger partial charge is 0.326 e. The molecular formula is C8H21NS2. The Kier molecular flexibility index (Phi) is 8.01. The number of hydrogen-bond donors (Lipinski definition) is 2. The lowest BCUT2D eigenvalue weighted by atomic mass is 10.3. The van der Waals surface area contributed by atoms with E-state index < -0.39 is 0 Å². The van der Waals surface area contributed by atoms with Gasteiger partial charge in [0.15, 0.2) is 0 Å². The van der Waals surface area contributed by atoms with Gasteiger partial charge < -0.3 is 5.73 Å². The molecule has 0 rings (SSSR count). The molecule has 0 aromatic carbocycles. The molecule has 0 saturated carbocycles. The van der Waals surface area contributed by atoms with Crippen molar-refractivity contribution in [2.45, 2.75) is 39.0 Å². The van der Waals surface area contributed by atoms with E-state index in [4.69, 9.17) is 5.73 Å². The highest BCUT2D eigenvalue weighted by atomic mass is 32.2. The maximum atomic E-state index is 5.68. The molecule has 0 radical (unpaired) electrons. The summed E-state index contributed by atoms with van der Waals surface area (Å²) in [6, 6.07) is 0.243. The third-order valence-electron chi connectivity index (χ3n) is 0.965. The first kappa shape index (κ1) is 14.2. The third kappa shape index (κ3) is 10.7. The summed E-state index contributed by atoms with van der Waals surface area (Å²) in [7, 11) is 0. The van der Waals surface area contributed by atoms with Gasteiger partial charge in [-0.2, -0.15) is 24.4 Å². The van der Waals surface area contributed by atoms with Crippen LogP contribution in [0.15, 0.2) is 0 Å². The molecule has 1 atom stereocenters. The van der Waals surface area contributed by atoms with Crippen LogP contribution >= 0.6 is 24.4 Å². The van der Waals surface area contributed by atoms with Gasteiger partial charge in [0.25, 0.3) is 0 Å². The molecule has 0 fully saturated rings. The van der Waals surface area contributed by atoms with Crippen LogP contribution in [0, 0.1) is 0 Å². The smallest absolute Gasteiger partial charge is 0.0219 e. The SMILES string of the molecule is C.CC(C)(C)SCC(N)CS. The average molecular weight is 195 g/mol. The van der Waals surface area contributed by atoms with Crippen LogP contribution in [-0.4, -0.2) is 22.3 Å². The summed E-state index contributed by atoms with van der Waals surface area (Å²) in [5, 5.41) is 0. The van der Waals surface area contributed by atoms with E-state index in [1.165, 1.54) is 0 Å². The van der Waals surface area contributed by atoms with Crippen LogP contribution in [0.25, 0.3) is 0 Å². The van der Waals surface area contributed by atoms with E-state index in [-0.39, 0.29) is 13.5 Å². The van der Waals surface area contributed by atoms with Gasteiger partial charge in [-0.3, -0.25) is 0 Å². The number of thiol groups is 1. The molecular weight excluding hydrogens is 174 g/mol. The zero-order chi connectivity index (χ0) is 8.20. The van der Waals surface area contributed by atoms with E-state index in [0.717, 1.165) is 11.5 Å². The highest BCUT2D eigenvalue weighted by Crippen LogP contribution is 2.23. The maximum absolute atomic E-state index is 5.68. The Labute approximate surface area is 80.9 Å². The summed E-state index contributed by atoms with van der Waals surface area (Å²) in [5.74, 6) is 1.79. The van der Waals surface area contributed by atoms with E-state index in [2.05, 4.69) is 33.4 Å². The number of rotatable bonds is 3. The predicted octanol–water partition coefficient (Wildman–Crippen LogP) is 2.41. The van der Waals surface area contributed by atoms with Crippen molar-refractivity contribution >= 4 is 24.4 Å². The Morgan fingerprint density at radius 3 is 2.18 bits per heavy atom. The minimum atomic E-state index is 0. The first-order valence-electron chi connectivity index (χ1n) is 3.46. The minimum Gasteiger partial charge on any atom is -0.326 e. The molecule has 0 aromatic heterocycles. The van der Waals surface area contributed by atoms with Crippen molar-refractivity contribution in [1.29, 1.82) is 0 Å². The fourth-order valence-corrected chi connectivity index (χ4v) is 1.55. The van der Waals surface area contributed by atoms with Crippen molar-refractivity contribution in [2.75, 3.05) is 11.5 Å². The van der Waals surface area contributed by atoms with Gasteiger partial charge >= 0.3 is 0 Å². The molecule has 0 heterocycles. The molecule has 0 spiro atoms. The molecule has 2 N–H and O–H groups in total. The van der Waals surface area contributed by atoms with Crippen molar-refractivity contribution in [2.24, 2.45) is 5.73 Å². The van der Waals surface area contributed by atoms with Gasteiger partial charge in [-0.15, -0.1) is 0 Å². The van der Waals surface area contributed by atoms with Gasteiger partial charge in [0.2, 0.25) is 0 Å². The molecule has 1 unspecified atom stereocenters. The van der Waals surface area contributed by atoms with E-state index in [1.807, 2.05) is 11.8 Å². The van der Waals surface area contributed by atoms with Crippen LogP contribution in [0.5, 0.6) is 0 Å². The summed E-state index contributed by atoms with van der Waals surface area (Å²) in [5.41, 5.74) is 5.68. The normalized spacial score (nSPS) is 13.9. The van der Waals surface area contributed by atoms with E-state index >= 15 is 0 Å². The maximum Gasteiger partial charge on any atom is 0.0219 e. The molecule has 0 bridgehead atoms. The van der Waals surface area contributed by atoms with Crippen molar-refractivity contribution in [3.63, 3.8) is 0 Å². The molecule has 0 aromatic rings. The Morgan fingerprint density at radius 1 is 1.45 bits per heavy atom. The quantitative estimate of drug-likeness (QED) is 0.676. The zero-order valence-electron chi connectivity index (χ0n) is 6.92. The van der Waals surface area contributed by atoms with Gasteiger partial charge in [-0.1, -0.05) is 28.2 Å². The second kappa shape index (κ2) is 6.21. The average Bonchev–Trinajstić information content (AvgIpc) is 1.81. The van der Waals surface area contributed by atoms with Gasteiger partial charge in [0.05, 0.1) is 0 Å². The fraction of sp³-hybridized carbons (Fsp3) is 1.00. The summed E-state index contributed by atoms with van der Waals surface area (Å²) in [4.78, 5) is 0. The van der Waals surface area contributed by atoms with Gasteiger partial charge in [-0.05, 0) is 0 Å². The van der Waals surface area contributed by atoms with Crippen molar-refractivity contribution in [3.05, 3.63) is 0 Å². The standard InChI is InChI=1S/C7H17NS2.CH4/c1-7(2,3)10-5-6(8)4-9;/h6,9H,4-5,8H2,1-3H3;1H4. The molecule has 0 aliphatic rings. The first-order chi connectivity index (χ1) is 4.45. The number of hydrogen-bond acceptors (Lipinski definition) is 3. The Hall–Kier alpha value is 0.660. The van der Waals surface area contributed by atoms with Crippen molar-refractivity contribution in [3.8, 4) is 0 Å². The second-order valence-electron chi connectivity index (χ2n) is 3.37. The van der Waals surface area contributed by atoms with Crippen LogP contribution in [0.3, 0.4) is 0 Å². The summed E-state index contributed by atoms with van der Waals surface area (Å²) >= 11 is 6.00. The molecule has 11 heavy (non-hydrogen) atoms. The number of nitrogens with two attached hydrogens (primary N) is 1. The molecule has 70 valence electrons. The Balaban J connectivity index is 0. The van der Waals surface area contributed by atoms with Crippen LogP contribution in [0.4, 0.5) is 0 Å². The summed E-state index contributed by atoms with van der Waals surface area (Å²) < 4.78 is 0.334. The topological polar surface area (TPSA) is 26.0 Å². The first-order valence-corrected chi connectivity index (χ1v) is 5.08. The van der Waals surface area contributed by atoms with Crippen molar-refractivity contribution in [1.82, 2.24) is 0 Å². The lowest BCUT2D eigenvalue weighted by molar-refractivity contribution is 0.787. The van der Waals surface area contributed by atoms with Gasteiger partial charge in [0.1, 0.15) is 0 Å². The predicted molar refractivity (Wildman–Crippen MR) is 60.8 cm³/mol. The second-order valence-corrected chi connectivity index (χ2v) is 5.58. The van der Waals surface area contributed by atoms with Crippen LogP contribution in [0.1, 0.15) is 28.2 Å². The Morgan fingerprint density at radius 2 is 1.91 bits per heavy atom. The van der Waals surface area contributed by atoms with Crippen LogP contribution in [-0.2, 0) is 0 Å². The zero-order valence-corrected chi connectivity index (χ0v) is 8.64. The lowest BCUT2D eigenvalue weighted by Crippen LogP contribution is -2.27. The van der Waals surface area contributed by atoms with Gasteiger partial charge in [-0.25, -0.2) is 0 Å². The molecule has 0 aliphatic heterocycles. The van der Waals surface area contributed by atoms with Crippen LogP contribution < -0.4 is 5.73 Å². The monoisotopic (exact) mass is 195 g/mol. The Bertz CT molecular complexity index is 88.6. The highest BCUT2D eigenvalue weighted by Gasteiger charge is 2.11. The van der Waals surface area contributed by atoms with Crippen molar-refractivity contribution < 1.29 is 0 Å². The summed E-state index contributed by atoms with van der Waals surface area (Å²) in [6.07, 6.45) is 0. The molecule has 0 amide bonds. The third-order valence-corrected chi connectivity index (χ3v) is 2.89. The van der Waals surface area contributed by atoms with E-state index in [0.29, 0.717) is 4.75 Å². The molecule has 3 heteroatoms. The molecule has 0 aliphatic carbocycles. The fourth-order valence-electron chi connectivity index (χ4n) is 0.410. The highest BCUT2D eigenvalue weighted by molar-refractivity contribution is 8.00. The summed E-state index contributed by atoms with van der Waals surface area (Å²) in [6.45, 7) is 6.59. The minimum absolute atomic E-state index is 0. The van der Waals surface area contributed by atoms with E-state index in [1.54, 1.807) is 0 Å².